The maximum Gasteiger partial charge on any atom is 0.225 e. The Labute approximate surface area is 118 Å². The molecule has 1 saturated heterocycles. The summed E-state index contributed by atoms with van der Waals surface area (Å²) in [5.41, 5.74) is -0.415. The molecule has 1 amide bonds. The van der Waals surface area contributed by atoms with Crippen LogP contribution in [0.15, 0.2) is 24.3 Å². The van der Waals surface area contributed by atoms with E-state index in [2.05, 4.69) is 5.32 Å². The van der Waals surface area contributed by atoms with Crippen molar-refractivity contribution in [2.75, 3.05) is 25.0 Å². The molecule has 1 aromatic rings. The lowest BCUT2D eigenvalue weighted by Gasteiger charge is -2.49. The van der Waals surface area contributed by atoms with Crippen LogP contribution in [0.25, 0.3) is 0 Å². The number of anilines is 1. The molecular weight excluding hydrogens is 259 g/mol. The van der Waals surface area contributed by atoms with Crippen molar-refractivity contribution in [2.45, 2.75) is 25.9 Å². The van der Waals surface area contributed by atoms with E-state index in [1.807, 2.05) is 18.7 Å². The van der Waals surface area contributed by atoms with Gasteiger partial charge in [0.05, 0.1) is 11.3 Å². The molecule has 2 rings (SSSR count). The Morgan fingerprint density at radius 3 is 2.70 bits per heavy atom. The van der Waals surface area contributed by atoms with Gasteiger partial charge in [-0.05, 0) is 18.1 Å². The van der Waals surface area contributed by atoms with E-state index in [1.165, 1.54) is 12.1 Å². The largest absolute Gasteiger partial charge is 0.387 e. The van der Waals surface area contributed by atoms with Crippen LogP contribution in [0, 0.1) is 11.7 Å². The second-order valence-electron chi connectivity index (χ2n) is 5.75. The summed E-state index contributed by atoms with van der Waals surface area (Å²) in [6.45, 7) is 5.75. The molecule has 1 fully saturated rings. The molecule has 4 nitrogen and oxygen atoms in total. The third kappa shape index (κ3) is 3.35. The van der Waals surface area contributed by atoms with Gasteiger partial charge >= 0.3 is 0 Å². The molecule has 2 N–H and O–H groups in total. The van der Waals surface area contributed by atoms with E-state index in [1.54, 1.807) is 12.1 Å². The summed E-state index contributed by atoms with van der Waals surface area (Å²) in [6.07, 6.45) is 0.294. The molecule has 110 valence electrons. The first-order valence-electron chi connectivity index (χ1n) is 6.90. The van der Waals surface area contributed by atoms with Crippen LogP contribution in [0.4, 0.5) is 10.1 Å². The van der Waals surface area contributed by atoms with Crippen LogP contribution >= 0.6 is 0 Å². The number of nitrogens with zero attached hydrogens (tertiary/aromatic N) is 1. The Kier molecular flexibility index (Phi) is 4.40. The number of hydrogen-bond donors (Lipinski definition) is 2. The summed E-state index contributed by atoms with van der Waals surface area (Å²) in [5.74, 6) is -0.430. The minimum absolute atomic E-state index is 0.208. The van der Waals surface area contributed by atoms with Crippen LogP contribution in [0.2, 0.25) is 0 Å². The molecule has 1 aromatic carbocycles. The number of para-hydroxylation sites is 1. The van der Waals surface area contributed by atoms with Crippen LogP contribution in [0.3, 0.4) is 0 Å². The smallest absolute Gasteiger partial charge is 0.225 e. The van der Waals surface area contributed by atoms with Crippen molar-refractivity contribution in [1.82, 2.24) is 4.90 Å². The van der Waals surface area contributed by atoms with Crippen LogP contribution in [-0.2, 0) is 4.79 Å². The number of carbonyl (C=O) groups is 1. The fourth-order valence-corrected chi connectivity index (χ4v) is 2.29. The number of amides is 1. The summed E-state index contributed by atoms with van der Waals surface area (Å²) in [7, 11) is 0. The SMILES string of the molecule is CC(C)C1(O)CN(CCC(=O)Nc2ccccc2F)C1. The zero-order chi connectivity index (χ0) is 14.8. The third-order valence-corrected chi connectivity index (χ3v) is 3.87. The lowest BCUT2D eigenvalue weighted by Crippen LogP contribution is -2.64. The summed E-state index contributed by atoms with van der Waals surface area (Å²) >= 11 is 0. The minimum atomic E-state index is -0.623. The first-order valence-corrected chi connectivity index (χ1v) is 6.90. The fraction of sp³-hybridized carbons (Fsp3) is 0.533. The zero-order valence-electron chi connectivity index (χ0n) is 11.9. The fourth-order valence-electron chi connectivity index (χ4n) is 2.29. The van der Waals surface area contributed by atoms with E-state index in [0.29, 0.717) is 26.1 Å². The number of benzene rings is 1. The van der Waals surface area contributed by atoms with Crippen molar-refractivity contribution >= 4 is 11.6 Å². The van der Waals surface area contributed by atoms with Crippen molar-refractivity contribution in [3.8, 4) is 0 Å². The first kappa shape index (κ1) is 14.9. The normalized spacial score (nSPS) is 17.9. The number of β-amino-alcohol motifs (C(OH)–C–C–N with tert-alkyl or cyclic N) is 1. The quantitative estimate of drug-likeness (QED) is 0.865. The predicted octanol–water partition coefficient (Wildman–Crippen LogP) is 1.86. The Bertz CT molecular complexity index is 485. The lowest BCUT2D eigenvalue weighted by atomic mass is 9.83. The molecule has 1 aliphatic rings. The number of aliphatic hydroxyl groups is 1. The number of nitrogens with one attached hydrogen (secondary N) is 1. The average molecular weight is 280 g/mol. The second-order valence-corrected chi connectivity index (χ2v) is 5.75. The van der Waals surface area contributed by atoms with E-state index >= 15 is 0 Å². The molecule has 0 unspecified atom stereocenters. The summed E-state index contributed by atoms with van der Waals surface area (Å²) in [5, 5.41) is 12.7. The van der Waals surface area contributed by atoms with Crippen molar-refractivity contribution in [3.63, 3.8) is 0 Å². The summed E-state index contributed by atoms with van der Waals surface area (Å²) < 4.78 is 13.4. The van der Waals surface area contributed by atoms with E-state index in [-0.39, 0.29) is 17.5 Å². The number of halogens is 1. The molecule has 0 bridgehead atoms. The second kappa shape index (κ2) is 5.89. The summed E-state index contributed by atoms with van der Waals surface area (Å²) in [4.78, 5) is 13.8. The van der Waals surface area contributed by atoms with Gasteiger partial charge in [-0.1, -0.05) is 26.0 Å². The van der Waals surface area contributed by atoms with Crippen molar-refractivity contribution < 1.29 is 14.3 Å². The van der Waals surface area contributed by atoms with Crippen LogP contribution in [0.1, 0.15) is 20.3 Å². The number of hydrogen-bond acceptors (Lipinski definition) is 3. The van der Waals surface area contributed by atoms with Gasteiger partial charge in [0.25, 0.3) is 0 Å². The van der Waals surface area contributed by atoms with E-state index in [0.717, 1.165) is 0 Å². The van der Waals surface area contributed by atoms with Gasteiger partial charge in [-0.25, -0.2) is 4.39 Å². The van der Waals surface area contributed by atoms with Gasteiger partial charge in [0.2, 0.25) is 5.91 Å². The molecular formula is C15H21FN2O2. The minimum Gasteiger partial charge on any atom is -0.387 e. The zero-order valence-corrected chi connectivity index (χ0v) is 11.9. The van der Waals surface area contributed by atoms with Gasteiger partial charge < -0.3 is 10.4 Å². The van der Waals surface area contributed by atoms with Gasteiger partial charge in [-0.2, -0.15) is 0 Å². The van der Waals surface area contributed by atoms with Crippen LogP contribution in [-0.4, -0.2) is 41.1 Å². The van der Waals surface area contributed by atoms with Gasteiger partial charge in [-0.3, -0.25) is 9.69 Å². The van der Waals surface area contributed by atoms with Gasteiger partial charge in [0.15, 0.2) is 0 Å². The molecule has 0 saturated carbocycles. The average Bonchev–Trinajstić information content (AvgIpc) is 2.35. The standard InChI is InChI=1S/C15H21FN2O2/c1-11(2)15(20)9-18(10-15)8-7-14(19)17-13-6-4-3-5-12(13)16/h3-6,11,20H,7-10H2,1-2H3,(H,17,19). The molecule has 1 heterocycles. The topological polar surface area (TPSA) is 52.6 Å². The Hall–Kier alpha value is -1.46. The highest BCUT2D eigenvalue weighted by Gasteiger charge is 2.43. The molecule has 5 heteroatoms. The van der Waals surface area contributed by atoms with E-state index < -0.39 is 11.4 Å². The van der Waals surface area contributed by atoms with Crippen molar-refractivity contribution in [2.24, 2.45) is 5.92 Å². The van der Waals surface area contributed by atoms with Crippen molar-refractivity contribution in [1.29, 1.82) is 0 Å². The van der Waals surface area contributed by atoms with E-state index in [9.17, 15) is 14.3 Å². The molecule has 0 aromatic heterocycles. The first-order chi connectivity index (χ1) is 9.40. The molecule has 20 heavy (non-hydrogen) atoms. The Morgan fingerprint density at radius 2 is 2.10 bits per heavy atom. The molecule has 0 spiro atoms. The molecule has 0 aliphatic carbocycles. The third-order valence-electron chi connectivity index (χ3n) is 3.87. The van der Waals surface area contributed by atoms with Crippen LogP contribution < -0.4 is 5.32 Å². The summed E-state index contributed by atoms with van der Waals surface area (Å²) in [6, 6.07) is 6.11. The maximum absolute atomic E-state index is 13.4. The highest BCUT2D eigenvalue weighted by atomic mass is 19.1. The van der Waals surface area contributed by atoms with Crippen LogP contribution in [0.5, 0.6) is 0 Å². The van der Waals surface area contributed by atoms with Gasteiger partial charge in [0, 0.05) is 26.1 Å². The predicted molar refractivity (Wildman–Crippen MR) is 75.9 cm³/mol. The molecule has 0 radical (unpaired) electrons. The van der Waals surface area contributed by atoms with Crippen molar-refractivity contribution in [3.05, 3.63) is 30.1 Å². The lowest BCUT2D eigenvalue weighted by molar-refractivity contribution is -0.132. The highest BCUT2D eigenvalue weighted by Crippen LogP contribution is 2.28. The maximum atomic E-state index is 13.4. The Balaban J connectivity index is 1.74. The van der Waals surface area contributed by atoms with Gasteiger partial charge in [-0.15, -0.1) is 0 Å². The number of carbonyl (C=O) groups excluding carboxylic acids is 1. The van der Waals surface area contributed by atoms with E-state index in [4.69, 9.17) is 0 Å². The highest BCUT2D eigenvalue weighted by molar-refractivity contribution is 5.90. The number of likely N-dealkylation sites (tertiary alicyclic amines) is 1. The monoisotopic (exact) mass is 280 g/mol. The Morgan fingerprint density at radius 1 is 1.45 bits per heavy atom. The number of rotatable bonds is 5. The molecule has 0 atom stereocenters. The van der Waals surface area contributed by atoms with Gasteiger partial charge in [0.1, 0.15) is 5.82 Å². The molecule has 1 aliphatic heterocycles.